The van der Waals surface area contributed by atoms with Gasteiger partial charge in [-0.2, -0.15) is 5.10 Å². The van der Waals surface area contributed by atoms with Crippen LogP contribution >= 0.6 is 15.9 Å². The second kappa shape index (κ2) is 6.20. The van der Waals surface area contributed by atoms with Gasteiger partial charge in [0.2, 0.25) is 0 Å². The fourth-order valence-corrected chi connectivity index (χ4v) is 2.98. The van der Waals surface area contributed by atoms with Gasteiger partial charge in [0.25, 0.3) is 0 Å². The molecular weight excluding hydrogens is 290 g/mol. The van der Waals surface area contributed by atoms with Crippen molar-refractivity contribution in [3.05, 3.63) is 15.9 Å². The molecule has 1 atom stereocenters. The Kier molecular flexibility index (Phi) is 4.84. The van der Waals surface area contributed by atoms with Crippen LogP contribution in [0.1, 0.15) is 44.0 Å². The highest BCUT2D eigenvalue weighted by Crippen LogP contribution is 2.25. The molecule has 102 valence electrons. The van der Waals surface area contributed by atoms with Gasteiger partial charge in [0.15, 0.2) is 0 Å². The lowest BCUT2D eigenvalue weighted by Gasteiger charge is -2.17. The van der Waals surface area contributed by atoms with Crippen LogP contribution < -0.4 is 5.32 Å². The number of rotatable bonds is 7. The predicted molar refractivity (Wildman–Crippen MR) is 78.8 cm³/mol. The van der Waals surface area contributed by atoms with Crippen LogP contribution in [0.4, 0.5) is 0 Å². The molecule has 1 aromatic rings. The third-order valence-corrected chi connectivity index (χ3v) is 4.74. The summed E-state index contributed by atoms with van der Waals surface area (Å²) in [6.07, 6.45) is 6.40. The summed E-state index contributed by atoms with van der Waals surface area (Å²) in [6, 6.07) is 0.807. The van der Waals surface area contributed by atoms with Crippen LogP contribution in [-0.2, 0) is 13.5 Å². The molecule has 0 bridgehead atoms. The van der Waals surface area contributed by atoms with Gasteiger partial charge in [0.1, 0.15) is 0 Å². The molecule has 1 saturated carbocycles. The van der Waals surface area contributed by atoms with E-state index in [9.17, 15) is 0 Å². The Hall–Kier alpha value is -0.350. The Morgan fingerprint density at radius 1 is 1.50 bits per heavy atom. The molecule has 1 aromatic heterocycles. The molecule has 0 aliphatic heterocycles. The molecular formula is C14H24BrN3. The van der Waals surface area contributed by atoms with Gasteiger partial charge in [-0.1, -0.05) is 13.3 Å². The lowest BCUT2D eigenvalue weighted by molar-refractivity contribution is 0.426. The molecule has 1 fully saturated rings. The molecule has 2 rings (SSSR count). The number of halogens is 1. The van der Waals surface area contributed by atoms with Crippen molar-refractivity contribution >= 4 is 15.9 Å². The van der Waals surface area contributed by atoms with Crippen LogP contribution in [0.15, 0.2) is 4.47 Å². The second-order valence-corrected chi connectivity index (χ2v) is 6.30. The van der Waals surface area contributed by atoms with E-state index < -0.39 is 0 Å². The van der Waals surface area contributed by atoms with E-state index in [1.165, 1.54) is 35.8 Å². The van der Waals surface area contributed by atoms with E-state index in [1.807, 2.05) is 11.7 Å². The van der Waals surface area contributed by atoms with Crippen LogP contribution in [0.3, 0.4) is 0 Å². The fourth-order valence-electron chi connectivity index (χ4n) is 2.48. The number of aromatic nitrogens is 2. The summed E-state index contributed by atoms with van der Waals surface area (Å²) < 4.78 is 3.22. The molecule has 0 amide bonds. The lowest BCUT2D eigenvalue weighted by atomic mass is 9.97. The van der Waals surface area contributed by atoms with Crippen molar-refractivity contribution in [2.24, 2.45) is 13.0 Å². The SMILES string of the molecule is CCCC(CNC1CC1)Cc1c(Br)c(C)nn1C. The zero-order valence-electron chi connectivity index (χ0n) is 11.7. The number of nitrogens with zero attached hydrogens (tertiary/aromatic N) is 2. The molecule has 1 heterocycles. The summed E-state index contributed by atoms with van der Waals surface area (Å²) in [5.74, 6) is 0.724. The van der Waals surface area contributed by atoms with Gasteiger partial charge in [0.05, 0.1) is 15.9 Å². The Bertz CT molecular complexity index is 396. The maximum atomic E-state index is 4.48. The maximum absolute atomic E-state index is 4.48. The van der Waals surface area contributed by atoms with Gasteiger partial charge < -0.3 is 5.32 Å². The minimum Gasteiger partial charge on any atom is -0.314 e. The topological polar surface area (TPSA) is 29.9 Å². The van der Waals surface area contributed by atoms with Crippen molar-refractivity contribution in [2.75, 3.05) is 6.54 Å². The van der Waals surface area contributed by atoms with Gasteiger partial charge in [-0.15, -0.1) is 0 Å². The van der Waals surface area contributed by atoms with E-state index in [2.05, 4.69) is 40.2 Å². The van der Waals surface area contributed by atoms with Gasteiger partial charge in [-0.3, -0.25) is 4.68 Å². The minimum absolute atomic E-state index is 0.724. The van der Waals surface area contributed by atoms with Crippen molar-refractivity contribution in [1.29, 1.82) is 0 Å². The molecule has 1 aliphatic carbocycles. The highest BCUT2D eigenvalue weighted by molar-refractivity contribution is 9.10. The van der Waals surface area contributed by atoms with Crippen LogP contribution in [-0.4, -0.2) is 22.4 Å². The quantitative estimate of drug-likeness (QED) is 0.837. The Morgan fingerprint density at radius 2 is 2.22 bits per heavy atom. The van der Waals surface area contributed by atoms with Crippen LogP contribution in [0.5, 0.6) is 0 Å². The molecule has 0 aromatic carbocycles. The standard InChI is InChI=1S/C14H24BrN3/c1-4-5-11(9-16-12-6-7-12)8-13-14(15)10(2)17-18(13)3/h11-12,16H,4-9H2,1-3H3. The largest absolute Gasteiger partial charge is 0.314 e. The second-order valence-electron chi connectivity index (χ2n) is 5.51. The van der Waals surface area contributed by atoms with Gasteiger partial charge in [0, 0.05) is 13.1 Å². The molecule has 1 aliphatic rings. The zero-order valence-corrected chi connectivity index (χ0v) is 13.3. The Balaban J connectivity index is 1.97. The average molecular weight is 314 g/mol. The molecule has 4 heteroatoms. The van der Waals surface area contributed by atoms with Crippen LogP contribution in [0.2, 0.25) is 0 Å². The molecule has 0 radical (unpaired) electrons. The zero-order chi connectivity index (χ0) is 13.1. The minimum atomic E-state index is 0.724. The summed E-state index contributed by atoms with van der Waals surface area (Å²) in [5.41, 5.74) is 2.43. The molecule has 1 N–H and O–H groups in total. The fraction of sp³-hybridized carbons (Fsp3) is 0.786. The van der Waals surface area contributed by atoms with Crippen LogP contribution in [0.25, 0.3) is 0 Å². The number of hydrogen-bond donors (Lipinski definition) is 1. The van der Waals surface area contributed by atoms with E-state index in [0.717, 1.165) is 30.6 Å². The van der Waals surface area contributed by atoms with Crippen molar-refractivity contribution in [3.63, 3.8) is 0 Å². The summed E-state index contributed by atoms with van der Waals surface area (Å²) in [4.78, 5) is 0. The number of nitrogens with one attached hydrogen (secondary N) is 1. The van der Waals surface area contributed by atoms with Crippen molar-refractivity contribution in [2.45, 2.75) is 52.0 Å². The summed E-state index contributed by atoms with van der Waals surface area (Å²) in [7, 11) is 2.05. The maximum Gasteiger partial charge on any atom is 0.0738 e. The normalized spacial score (nSPS) is 17.1. The summed E-state index contributed by atoms with van der Waals surface area (Å²) in [5, 5.41) is 8.14. The van der Waals surface area contributed by atoms with Gasteiger partial charge >= 0.3 is 0 Å². The van der Waals surface area contributed by atoms with Gasteiger partial charge in [-0.25, -0.2) is 0 Å². The van der Waals surface area contributed by atoms with E-state index in [4.69, 9.17) is 0 Å². The molecule has 1 unspecified atom stereocenters. The first-order chi connectivity index (χ1) is 8.61. The lowest BCUT2D eigenvalue weighted by Crippen LogP contribution is -2.26. The van der Waals surface area contributed by atoms with E-state index in [1.54, 1.807) is 0 Å². The third kappa shape index (κ3) is 3.58. The van der Waals surface area contributed by atoms with Crippen LogP contribution in [0, 0.1) is 12.8 Å². The molecule has 0 spiro atoms. The summed E-state index contributed by atoms with van der Waals surface area (Å²) >= 11 is 3.67. The van der Waals surface area contributed by atoms with E-state index in [0.29, 0.717) is 0 Å². The monoisotopic (exact) mass is 313 g/mol. The number of aryl methyl sites for hydroxylation is 2. The summed E-state index contributed by atoms with van der Waals surface area (Å²) in [6.45, 7) is 5.48. The van der Waals surface area contributed by atoms with Crippen molar-refractivity contribution in [3.8, 4) is 0 Å². The highest BCUT2D eigenvalue weighted by Gasteiger charge is 2.23. The smallest absolute Gasteiger partial charge is 0.0738 e. The molecule has 3 nitrogen and oxygen atoms in total. The molecule has 18 heavy (non-hydrogen) atoms. The molecule has 0 saturated heterocycles. The van der Waals surface area contributed by atoms with E-state index in [-0.39, 0.29) is 0 Å². The first-order valence-electron chi connectivity index (χ1n) is 7.03. The Labute approximate surface area is 118 Å². The Morgan fingerprint density at radius 3 is 2.72 bits per heavy atom. The first kappa shape index (κ1) is 14.1. The van der Waals surface area contributed by atoms with Crippen molar-refractivity contribution in [1.82, 2.24) is 15.1 Å². The average Bonchev–Trinajstić information content (AvgIpc) is 3.11. The van der Waals surface area contributed by atoms with E-state index >= 15 is 0 Å². The van der Waals surface area contributed by atoms with Crippen molar-refractivity contribution < 1.29 is 0 Å². The number of hydrogen-bond acceptors (Lipinski definition) is 2. The highest BCUT2D eigenvalue weighted by atomic mass is 79.9. The predicted octanol–water partition coefficient (Wildman–Crippen LogP) is 3.20. The first-order valence-corrected chi connectivity index (χ1v) is 7.82. The van der Waals surface area contributed by atoms with Gasteiger partial charge in [-0.05, 0) is 61.0 Å². The third-order valence-electron chi connectivity index (χ3n) is 3.71.